The number of aliphatic hydroxyl groups is 1. The van der Waals surface area contributed by atoms with E-state index in [2.05, 4.69) is 31.4 Å². The highest BCUT2D eigenvalue weighted by Gasteiger charge is 2.60. The number of carbonyl (C=O) groups is 1. The summed E-state index contributed by atoms with van der Waals surface area (Å²) in [6, 6.07) is 8.88. The number of hydrogen-bond acceptors (Lipinski definition) is 12. The molecule has 13 nitrogen and oxygen atoms in total. The van der Waals surface area contributed by atoms with Crippen LogP contribution in [0.15, 0.2) is 36.4 Å². The van der Waals surface area contributed by atoms with Crippen molar-refractivity contribution < 1.29 is 113 Å². The Kier molecular flexibility index (Phi) is 22.1. The standard InChI is InChI=1S/C21H24F9N3O4.C17H24F3N3O2.C3H2F6O.CH4/c1-13-11-31(4-5-33(13)18(34)36-17(19(22,23)24)20(25,26)27)12-14-2-3-15(32-6-8-35-9-7-32)10-16(14)37-21(28,29)30;1-13-11-22(5-4-21-13)12-14-2-3-15(23-6-8-24-9-7-23)10-16(14)25-17(18,19)20;4-2(5,6)1(10)3(7,8)9;/h2-3,10,13,17H,4-9,11-12H2,1H3;2-3,10,13,21H,4-9,11-12H2,1H3;1,10H;1H4/t2*13-;;/m00../s1. The van der Waals surface area contributed by atoms with Gasteiger partial charge in [-0.3, -0.25) is 9.80 Å². The summed E-state index contributed by atoms with van der Waals surface area (Å²) in [7, 11) is 0. The largest absolute Gasteiger partial charge is 0.573 e. The minimum absolute atomic E-state index is 0. The van der Waals surface area contributed by atoms with Crippen molar-refractivity contribution >= 4 is 17.5 Å². The molecule has 4 aliphatic rings. The van der Waals surface area contributed by atoms with Crippen molar-refractivity contribution in [1.29, 1.82) is 0 Å². The number of amides is 1. The Hall–Kier alpha value is -4.59. The molecule has 0 aromatic heterocycles. The molecular formula is C42H54F18N6O7. The average molecular weight is 1100 g/mol. The van der Waals surface area contributed by atoms with Crippen LogP contribution < -0.4 is 24.6 Å². The molecule has 2 aromatic rings. The predicted molar refractivity (Wildman–Crippen MR) is 224 cm³/mol. The SMILES string of the molecule is C.C[C@H]1CN(Cc2ccc(N3CCOCC3)cc2OC(F)(F)F)CCN1.C[C@H]1CN(Cc2ccc(N3CCOCC3)cc2OC(F)(F)F)CCN1C(=O)OC(C(F)(F)F)C(F)(F)F.OC(C(F)(F)F)C(F)(F)F. The normalized spacial score (nSPS) is 20.1. The van der Waals surface area contributed by atoms with Gasteiger partial charge in [0.25, 0.3) is 6.10 Å². The molecule has 1 amide bonds. The number of hydrogen-bond donors (Lipinski definition) is 2. The van der Waals surface area contributed by atoms with E-state index in [-0.39, 0.29) is 44.9 Å². The van der Waals surface area contributed by atoms with E-state index in [1.54, 1.807) is 17.0 Å². The lowest BCUT2D eigenvalue weighted by Gasteiger charge is -2.40. The molecule has 31 heteroatoms. The van der Waals surface area contributed by atoms with Crippen LogP contribution in [0.2, 0.25) is 0 Å². The van der Waals surface area contributed by atoms with Gasteiger partial charge in [0.05, 0.1) is 26.4 Å². The molecule has 2 aromatic carbocycles. The zero-order valence-corrected chi connectivity index (χ0v) is 38.0. The number of morpholine rings is 2. The van der Waals surface area contributed by atoms with E-state index in [1.807, 2.05) is 15.9 Å². The Labute approximate surface area is 406 Å². The number of halogens is 18. The Morgan fingerprint density at radius 2 is 1.03 bits per heavy atom. The highest BCUT2D eigenvalue weighted by Crippen LogP contribution is 2.38. The predicted octanol–water partition coefficient (Wildman–Crippen LogP) is 8.88. The molecule has 4 fully saturated rings. The van der Waals surface area contributed by atoms with E-state index in [1.165, 1.54) is 25.1 Å². The zero-order chi connectivity index (χ0) is 54.0. The fourth-order valence-electron chi connectivity index (χ4n) is 7.58. The van der Waals surface area contributed by atoms with Crippen molar-refractivity contribution in [2.75, 3.05) is 102 Å². The van der Waals surface area contributed by atoms with Gasteiger partial charge in [-0.15, -0.1) is 26.3 Å². The first-order valence-electron chi connectivity index (χ1n) is 21.6. The van der Waals surface area contributed by atoms with Gasteiger partial charge in [0.2, 0.25) is 6.10 Å². The molecule has 73 heavy (non-hydrogen) atoms. The third kappa shape index (κ3) is 20.6. The summed E-state index contributed by atoms with van der Waals surface area (Å²) >= 11 is 0. The number of aliphatic hydroxyl groups excluding tert-OH is 1. The van der Waals surface area contributed by atoms with Crippen LogP contribution >= 0.6 is 0 Å². The first-order chi connectivity index (χ1) is 33.1. The minimum atomic E-state index is -5.85. The zero-order valence-electron chi connectivity index (χ0n) is 38.0. The molecule has 2 atom stereocenters. The maximum absolute atomic E-state index is 13.1. The second kappa shape index (κ2) is 25.8. The highest BCUT2D eigenvalue weighted by atomic mass is 19.4. The van der Waals surface area contributed by atoms with Gasteiger partial charge in [0.15, 0.2) is 0 Å². The molecule has 4 heterocycles. The summed E-state index contributed by atoms with van der Waals surface area (Å²) in [6.07, 6.45) is -42.9. The van der Waals surface area contributed by atoms with Crippen LogP contribution in [0.5, 0.6) is 11.5 Å². The van der Waals surface area contributed by atoms with Gasteiger partial charge in [0, 0.05) is 125 Å². The third-order valence-electron chi connectivity index (χ3n) is 10.9. The molecule has 4 saturated heterocycles. The summed E-state index contributed by atoms with van der Waals surface area (Å²) in [6.45, 7) is 10.1. The Morgan fingerprint density at radius 3 is 1.37 bits per heavy atom. The van der Waals surface area contributed by atoms with Crippen molar-refractivity contribution in [2.24, 2.45) is 0 Å². The van der Waals surface area contributed by atoms with Gasteiger partial charge >= 0.3 is 43.5 Å². The summed E-state index contributed by atoms with van der Waals surface area (Å²) in [5, 5.41) is 10.8. The first-order valence-corrected chi connectivity index (χ1v) is 21.6. The molecule has 0 aliphatic carbocycles. The smallest absolute Gasteiger partial charge is 0.426 e. The van der Waals surface area contributed by atoms with Crippen molar-refractivity contribution in [3.8, 4) is 11.5 Å². The summed E-state index contributed by atoms with van der Waals surface area (Å²) < 4.78 is 243. The van der Waals surface area contributed by atoms with Crippen molar-refractivity contribution in [3.05, 3.63) is 47.5 Å². The number of carbonyl (C=O) groups excluding carboxylic acids is 1. The Bertz CT molecular complexity index is 1980. The Morgan fingerprint density at radius 1 is 0.616 bits per heavy atom. The lowest BCUT2D eigenvalue weighted by atomic mass is 10.1. The second-order valence-electron chi connectivity index (χ2n) is 16.6. The number of benzene rings is 2. The van der Waals surface area contributed by atoms with Gasteiger partial charge in [-0.25, -0.2) is 4.79 Å². The lowest BCUT2D eigenvalue weighted by molar-refractivity contribution is -0.309. The van der Waals surface area contributed by atoms with E-state index in [0.717, 1.165) is 30.2 Å². The topological polar surface area (TPSA) is 112 Å². The van der Waals surface area contributed by atoms with Crippen LogP contribution in [0.3, 0.4) is 0 Å². The number of alkyl halides is 18. The molecule has 420 valence electrons. The van der Waals surface area contributed by atoms with E-state index in [4.69, 9.17) is 14.6 Å². The van der Waals surface area contributed by atoms with Gasteiger partial charge in [-0.05, 0) is 26.0 Å². The molecule has 0 saturated carbocycles. The monoisotopic (exact) mass is 1100 g/mol. The molecule has 2 N–H and O–H groups in total. The summed E-state index contributed by atoms with van der Waals surface area (Å²) in [5.41, 5.74) is 1.95. The van der Waals surface area contributed by atoms with Gasteiger partial charge in [-0.2, -0.15) is 52.7 Å². The average Bonchev–Trinajstić information content (AvgIpc) is 3.25. The minimum Gasteiger partial charge on any atom is -0.426 e. The summed E-state index contributed by atoms with van der Waals surface area (Å²) in [5.74, 6) is -0.549. The van der Waals surface area contributed by atoms with Crippen LogP contribution in [-0.2, 0) is 27.3 Å². The number of ether oxygens (including phenoxy) is 5. The fraction of sp³-hybridized carbons (Fsp3) is 0.690. The maximum atomic E-state index is 13.1. The molecule has 0 spiro atoms. The second-order valence-corrected chi connectivity index (χ2v) is 16.6. The quantitative estimate of drug-likeness (QED) is 0.234. The molecule has 4 aliphatic heterocycles. The van der Waals surface area contributed by atoms with Crippen LogP contribution in [0.1, 0.15) is 32.4 Å². The van der Waals surface area contributed by atoms with Crippen LogP contribution in [0.4, 0.5) is 95.2 Å². The molecule has 0 bridgehead atoms. The van der Waals surface area contributed by atoms with Crippen molar-refractivity contribution in [2.45, 2.75) is 96.1 Å². The number of nitrogens with one attached hydrogen (secondary N) is 1. The van der Waals surface area contributed by atoms with E-state index in [9.17, 15) is 83.8 Å². The molecule has 0 unspecified atom stereocenters. The van der Waals surface area contributed by atoms with E-state index < -0.39 is 67.5 Å². The first kappa shape index (κ1) is 62.7. The Balaban J connectivity index is 0.000000335. The van der Waals surface area contributed by atoms with Gasteiger partial charge in [-0.1, -0.05) is 19.6 Å². The molecule has 6 rings (SSSR count). The fourth-order valence-corrected chi connectivity index (χ4v) is 7.58. The van der Waals surface area contributed by atoms with E-state index >= 15 is 0 Å². The maximum Gasteiger partial charge on any atom is 0.573 e. The number of rotatable bonds is 9. The summed E-state index contributed by atoms with van der Waals surface area (Å²) in [4.78, 5) is 20.4. The van der Waals surface area contributed by atoms with Crippen LogP contribution in [0.25, 0.3) is 0 Å². The third-order valence-corrected chi connectivity index (χ3v) is 10.9. The van der Waals surface area contributed by atoms with Crippen LogP contribution in [-0.4, -0.2) is 179 Å². The number of nitrogens with zero attached hydrogens (tertiary/aromatic N) is 5. The van der Waals surface area contributed by atoms with Crippen LogP contribution in [0, 0.1) is 0 Å². The number of anilines is 2. The molecular weight excluding hydrogens is 1040 g/mol. The van der Waals surface area contributed by atoms with E-state index in [0.29, 0.717) is 76.4 Å². The van der Waals surface area contributed by atoms with Gasteiger partial charge in [0.1, 0.15) is 11.5 Å². The molecule has 0 radical (unpaired) electrons. The lowest BCUT2D eigenvalue weighted by Crippen LogP contribution is -2.56. The highest BCUT2D eigenvalue weighted by molar-refractivity contribution is 5.68. The van der Waals surface area contributed by atoms with Gasteiger partial charge < -0.3 is 48.8 Å². The van der Waals surface area contributed by atoms with Crippen molar-refractivity contribution in [1.82, 2.24) is 20.0 Å². The number of piperazine rings is 2. The van der Waals surface area contributed by atoms with Crippen molar-refractivity contribution in [3.63, 3.8) is 0 Å².